The molecule has 0 aromatic heterocycles. The molecule has 1 aliphatic carbocycles. The van der Waals surface area contributed by atoms with Crippen molar-refractivity contribution in [2.24, 2.45) is 11.7 Å². The fourth-order valence-electron chi connectivity index (χ4n) is 2.10. The van der Waals surface area contributed by atoms with Crippen LogP contribution in [0.5, 0.6) is 0 Å². The highest BCUT2D eigenvalue weighted by molar-refractivity contribution is 7.91. The van der Waals surface area contributed by atoms with E-state index in [0.29, 0.717) is 0 Å². The smallest absolute Gasteiger partial charge is 0.240 e. The zero-order valence-electron chi connectivity index (χ0n) is 12.2. The third kappa shape index (κ3) is 4.42. The summed E-state index contributed by atoms with van der Waals surface area (Å²) in [5.74, 6) is 0.213. The molecule has 0 heterocycles. The van der Waals surface area contributed by atoms with Crippen molar-refractivity contribution in [2.75, 3.05) is 12.3 Å². The summed E-state index contributed by atoms with van der Waals surface area (Å²) < 4.78 is 50.9. The average molecular weight is 369 g/mol. The van der Waals surface area contributed by atoms with Crippen molar-refractivity contribution < 1.29 is 16.8 Å². The van der Waals surface area contributed by atoms with E-state index in [9.17, 15) is 16.8 Å². The first kappa shape index (κ1) is 19.4. The van der Waals surface area contributed by atoms with Crippen LogP contribution < -0.4 is 10.5 Å². The first-order chi connectivity index (χ1) is 9.80. The summed E-state index contributed by atoms with van der Waals surface area (Å²) in [4.78, 5) is -0.0280. The van der Waals surface area contributed by atoms with Gasteiger partial charge in [0.25, 0.3) is 0 Å². The zero-order chi connectivity index (χ0) is 15.7. The molecule has 0 aliphatic heterocycles. The van der Waals surface area contributed by atoms with Gasteiger partial charge in [0, 0.05) is 12.6 Å². The Bertz CT molecular complexity index is 715. The molecule has 1 fully saturated rings. The first-order valence-electron chi connectivity index (χ1n) is 6.85. The third-order valence-corrected chi connectivity index (χ3v) is 6.83. The highest BCUT2D eigenvalue weighted by atomic mass is 35.5. The van der Waals surface area contributed by atoms with Crippen LogP contribution in [0.15, 0.2) is 34.1 Å². The van der Waals surface area contributed by atoms with Crippen LogP contribution in [-0.4, -0.2) is 35.2 Å². The van der Waals surface area contributed by atoms with Crippen molar-refractivity contribution in [3.8, 4) is 0 Å². The first-order valence-corrected chi connectivity index (χ1v) is 9.99. The highest BCUT2D eigenvalue weighted by Gasteiger charge is 2.33. The number of sulfone groups is 1. The van der Waals surface area contributed by atoms with E-state index < -0.39 is 19.9 Å². The molecule has 0 amide bonds. The third-order valence-electron chi connectivity index (χ3n) is 3.61. The molecule has 0 bridgehead atoms. The molecule has 22 heavy (non-hydrogen) atoms. The van der Waals surface area contributed by atoms with Crippen LogP contribution in [0.1, 0.15) is 19.8 Å². The van der Waals surface area contributed by atoms with Gasteiger partial charge in [0.05, 0.1) is 15.5 Å². The summed E-state index contributed by atoms with van der Waals surface area (Å²) in [5.41, 5.74) is 5.60. The second-order valence-electron chi connectivity index (χ2n) is 5.18. The van der Waals surface area contributed by atoms with Gasteiger partial charge in [-0.2, -0.15) is 0 Å². The monoisotopic (exact) mass is 368 g/mol. The minimum Gasteiger partial charge on any atom is -0.329 e. The SMILES string of the molecule is CCS(=O)(=O)c1cccc(S(=O)(=O)NC(CN)C2CC2)c1.Cl. The van der Waals surface area contributed by atoms with Gasteiger partial charge in [0.15, 0.2) is 9.84 Å². The van der Waals surface area contributed by atoms with Crippen molar-refractivity contribution in [1.29, 1.82) is 0 Å². The minimum atomic E-state index is -3.76. The Morgan fingerprint density at radius 1 is 1.23 bits per heavy atom. The number of rotatable bonds is 7. The van der Waals surface area contributed by atoms with Crippen LogP contribution in [0.2, 0.25) is 0 Å². The van der Waals surface area contributed by atoms with Crippen molar-refractivity contribution in [3.63, 3.8) is 0 Å². The lowest BCUT2D eigenvalue weighted by atomic mass is 10.2. The molecule has 9 heteroatoms. The minimum absolute atomic E-state index is 0. The van der Waals surface area contributed by atoms with Crippen molar-refractivity contribution >= 4 is 32.3 Å². The van der Waals surface area contributed by atoms with Gasteiger partial charge in [-0.15, -0.1) is 12.4 Å². The number of halogens is 1. The molecule has 0 spiro atoms. The van der Waals surface area contributed by atoms with E-state index >= 15 is 0 Å². The van der Waals surface area contributed by atoms with E-state index in [1.807, 2.05) is 0 Å². The molecule has 1 aliphatic rings. The van der Waals surface area contributed by atoms with E-state index in [1.54, 1.807) is 0 Å². The van der Waals surface area contributed by atoms with Crippen molar-refractivity contribution in [2.45, 2.75) is 35.6 Å². The predicted molar refractivity (Wildman–Crippen MR) is 87.3 cm³/mol. The van der Waals surface area contributed by atoms with Gasteiger partial charge >= 0.3 is 0 Å². The molecule has 0 radical (unpaired) electrons. The van der Waals surface area contributed by atoms with Crippen molar-refractivity contribution in [1.82, 2.24) is 4.72 Å². The summed E-state index contributed by atoms with van der Waals surface area (Å²) in [6.45, 7) is 1.75. The normalized spacial score (nSPS) is 16.8. The Balaban J connectivity index is 0.00000242. The molecule has 2 rings (SSSR count). The number of benzene rings is 1. The molecule has 1 unspecified atom stereocenters. The Hall–Kier alpha value is -0.670. The van der Waals surface area contributed by atoms with Crippen LogP contribution in [0.25, 0.3) is 0 Å². The van der Waals surface area contributed by atoms with Crippen LogP contribution >= 0.6 is 12.4 Å². The van der Waals surface area contributed by atoms with Gasteiger partial charge in [-0.1, -0.05) is 13.0 Å². The number of hydrogen-bond donors (Lipinski definition) is 2. The second-order valence-corrected chi connectivity index (χ2v) is 9.17. The lowest BCUT2D eigenvalue weighted by molar-refractivity contribution is 0.519. The lowest BCUT2D eigenvalue weighted by Crippen LogP contribution is -2.41. The van der Waals surface area contributed by atoms with E-state index in [0.717, 1.165) is 12.8 Å². The topological polar surface area (TPSA) is 106 Å². The Morgan fingerprint density at radius 2 is 1.82 bits per heavy atom. The summed E-state index contributed by atoms with van der Waals surface area (Å²) in [6.07, 6.45) is 1.93. The van der Waals surface area contributed by atoms with Gasteiger partial charge in [-0.05, 0) is 37.0 Å². The summed E-state index contributed by atoms with van der Waals surface area (Å²) in [7, 11) is -7.20. The van der Waals surface area contributed by atoms with Gasteiger partial charge in [-0.25, -0.2) is 21.6 Å². The number of nitrogens with one attached hydrogen (secondary N) is 1. The maximum Gasteiger partial charge on any atom is 0.240 e. The van der Waals surface area contributed by atoms with E-state index in [-0.39, 0.29) is 46.5 Å². The van der Waals surface area contributed by atoms with Gasteiger partial charge in [0.1, 0.15) is 0 Å². The van der Waals surface area contributed by atoms with Crippen LogP contribution in [0.4, 0.5) is 0 Å². The van der Waals surface area contributed by atoms with Crippen LogP contribution in [0.3, 0.4) is 0 Å². The Kier molecular flexibility index (Phi) is 6.40. The Labute approximate surface area is 137 Å². The molecule has 3 N–H and O–H groups in total. The molecule has 0 saturated heterocycles. The fraction of sp³-hybridized carbons (Fsp3) is 0.538. The maximum atomic E-state index is 12.3. The molecular weight excluding hydrogens is 348 g/mol. The largest absolute Gasteiger partial charge is 0.329 e. The van der Waals surface area contributed by atoms with E-state index in [1.165, 1.54) is 31.2 Å². The summed E-state index contributed by atoms with van der Waals surface area (Å²) in [6, 6.07) is 5.13. The molecule has 1 aromatic rings. The number of nitrogens with two attached hydrogens (primary N) is 1. The maximum absolute atomic E-state index is 12.3. The number of hydrogen-bond acceptors (Lipinski definition) is 5. The van der Waals surface area contributed by atoms with Crippen LogP contribution in [0, 0.1) is 5.92 Å². The van der Waals surface area contributed by atoms with Gasteiger partial charge in [-0.3, -0.25) is 0 Å². The number of sulfonamides is 1. The Morgan fingerprint density at radius 3 is 2.32 bits per heavy atom. The second kappa shape index (κ2) is 7.27. The predicted octanol–water partition coefficient (Wildman–Crippen LogP) is 0.918. The fourth-order valence-corrected chi connectivity index (χ4v) is 4.47. The van der Waals surface area contributed by atoms with Crippen molar-refractivity contribution in [3.05, 3.63) is 24.3 Å². The summed E-state index contributed by atoms with van der Waals surface area (Å²) >= 11 is 0. The summed E-state index contributed by atoms with van der Waals surface area (Å²) in [5, 5.41) is 0. The van der Waals surface area contributed by atoms with E-state index in [4.69, 9.17) is 5.73 Å². The van der Waals surface area contributed by atoms with Gasteiger partial charge < -0.3 is 5.73 Å². The quantitative estimate of drug-likeness (QED) is 0.744. The molecule has 1 aromatic carbocycles. The molecule has 1 atom stereocenters. The van der Waals surface area contributed by atoms with Crippen LogP contribution in [-0.2, 0) is 19.9 Å². The molecule has 126 valence electrons. The highest BCUT2D eigenvalue weighted by Crippen LogP contribution is 2.33. The zero-order valence-corrected chi connectivity index (χ0v) is 14.7. The molecule has 1 saturated carbocycles. The standard InChI is InChI=1S/C13H20N2O4S2.ClH/c1-2-20(16,17)11-4-3-5-12(8-11)21(18,19)15-13(9-14)10-6-7-10;/h3-5,8,10,13,15H,2,6-7,9,14H2,1H3;1H. The molecule has 6 nitrogen and oxygen atoms in total. The average Bonchev–Trinajstić information content (AvgIpc) is 3.29. The van der Waals surface area contributed by atoms with Gasteiger partial charge in [0.2, 0.25) is 10.0 Å². The molecular formula is C13H21ClN2O4S2. The van der Waals surface area contributed by atoms with E-state index in [2.05, 4.69) is 4.72 Å². The lowest BCUT2D eigenvalue weighted by Gasteiger charge is -2.16.